The van der Waals surface area contributed by atoms with E-state index >= 15 is 0 Å². The molecule has 1 unspecified atom stereocenters. The third-order valence-electron chi connectivity index (χ3n) is 7.46. The Balaban J connectivity index is 1.04. The van der Waals surface area contributed by atoms with Gasteiger partial charge >= 0.3 is 0 Å². The second-order valence-corrected chi connectivity index (χ2v) is 9.41. The molecule has 3 fully saturated rings. The number of likely N-dealkylation sites (tertiary alicyclic amines) is 1. The van der Waals surface area contributed by atoms with Gasteiger partial charge in [0, 0.05) is 38.6 Å². The number of benzene rings is 1. The van der Waals surface area contributed by atoms with Crippen LogP contribution in [0.4, 0.5) is 0 Å². The third kappa shape index (κ3) is 4.78. The molecule has 164 valence electrons. The van der Waals surface area contributed by atoms with E-state index in [-0.39, 0.29) is 11.3 Å². The first kappa shape index (κ1) is 20.5. The van der Waals surface area contributed by atoms with Crippen LogP contribution in [-0.2, 0) is 11.3 Å². The molecule has 1 amide bonds. The van der Waals surface area contributed by atoms with Crippen LogP contribution in [0.15, 0.2) is 59.2 Å². The lowest BCUT2D eigenvalue weighted by Gasteiger charge is -2.36. The van der Waals surface area contributed by atoms with Gasteiger partial charge in [0.1, 0.15) is 5.76 Å². The molecule has 3 aliphatic rings. The Bertz CT molecular complexity index is 877. The molecule has 1 aromatic heterocycles. The highest BCUT2D eigenvalue weighted by Gasteiger charge is 2.59. The van der Waals surface area contributed by atoms with Crippen molar-refractivity contribution in [2.24, 2.45) is 11.3 Å². The highest BCUT2D eigenvalue weighted by molar-refractivity contribution is 5.83. The quantitative estimate of drug-likeness (QED) is 0.715. The summed E-state index contributed by atoms with van der Waals surface area (Å²) in [7, 11) is 0. The molecule has 2 aliphatic heterocycles. The van der Waals surface area contributed by atoms with Crippen molar-refractivity contribution in [3.63, 3.8) is 0 Å². The predicted molar refractivity (Wildman–Crippen MR) is 122 cm³/mol. The van der Waals surface area contributed by atoms with E-state index in [2.05, 4.69) is 51.1 Å². The minimum absolute atomic E-state index is 0.266. The van der Waals surface area contributed by atoms with Gasteiger partial charge in [-0.1, -0.05) is 42.5 Å². The number of amides is 1. The molecule has 1 saturated carbocycles. The molecule has 5 rings (SSSR count). The number of nitrogens with zero attached hydrogens (tertiary/aromatic N) is 3. The minimum Gasteiger partial charge on any atom is -0.468 e. The van der Waals surface area contributed by atoms with Crippen molar-refractivity contribution >= 4 is 12.0 Å². The van der Waals surface area contributed by atoms with Gasteiger partial charge in [0.2, 0.25) is 5.91 Å². The van der Waals surface area contributed by atoms with Crippen molar-refractivity contribution < 1.29 is 9.21 Å². The van der Waals surface area contributed by atoms with Gasteiger partial charge in [0.05, 0.1) is 12.8 Å². The smallest absolute Gasteiger partial charge is 0.226 e. The summed E-state index contributed by atoms with van der Waals surface area (Å²) in [6.07, 6.45) is 9.56. The van der Waals surface area contributed by atoms with Gasteiger partial charge in [-0.3, -0.25) is 14.6 Å². The normalized spacial score (nSPS) is 24.1. The number of carbonyl (C=O) groups is 1. The molecule has 31 heavy (non-hydrogen) atoms. The van der Waals surface area contributed by atoms with Gasteiger partial charge in [-0.2, -0.15) is 0 Å². The summed E-state index contributed by atoms with van der Waals surface area (Å²) >= 11 is 0. The van der Waals surface area contributed by atoms with Crippen molar-refractivity contribution in [3.05, 3.63) is 66.1 Å². The first-order chi connectivity index (χ1) is 15.2. The Kier molecular flexibility index (Phi) is 5.97. The summed E-state index contributed by atoms with van der Waals surface area (Å²) in [4.78, 5) is 20.2. The Morgan fingerprint density at radius 1 is 0.968 bits per heavy atom. The molecular formula is C26H33N3O2. The van der Waals surface area contributed by atoms with Crippen LogP contribution in [0.3, 0.4) is 0 Å². The molecule has 1 aromatic carbocycles. The summed E-state index contributed by atoms with van der Waals surface area (Å²) in [6, 6.07) is 14.4. The van der Waals surface area contributed by atoms with Crippen LogP contribution in [0.25, 0.3) is 6.08 Å². The SMILES string of the molecule is O=C(C1CC12CCN(Cc1ccco1)CC2)N1CCN(C/C=C/c2ccccc2)CC1. The lowest BCUT2D eigenvalue weighted by atomic mass is 9.90. The fraction of sp³-hybridized carbons (Fsp3) is 0.500. The lowest BCUT2D eigenvalue weighted by molar-refractivity contribution is -0.135. The number of carbonyl (C=O) groups excluding carboxylic acids is 1. The molecule has 3 heterocycles. The Morgan fingerprint density at radius 3 is 2.45 bits per heavy atom. The van der Waals surface area contributed by atoms with Crippen LogP contribution in [0.1, 0.15) is 30.6 Å². The maximum atomic E-state index is 13.1. The van der Waals surface area contributed by atoms with Gasteiger partial charge < -0.3 is 9.32 Å². The van der Waals surface area contributed by atoms with E-state index in [0.717, 1.165) is 77.4 Å². The zero-order valence-corrected chi connectivity index (χ0v) is 18.3. The Hall–Kier alpha value is -2.37. The fourth-order valence-electron chi connectivity index (χ4n) is 5.30. The average Bonchev–Trinajstić information content (AvgIpc) is 3.25. The molecule has 1 aliphatic carbocycles. The molecule has 2 aromatic rings. The van der Waals surface area contributed by atoms with Crippen molar-refractivity contribution in [3.8, 4) is 0 Å². The topological polar surface area (TPSA) is 39.9 Å². The van der Waals surface area contributed by atoms with Gasteiger partial charge in [0.15, 0.2) is 0 Å². The monoisotopic (exact) mass is 419 g/mol. The van der Waals surface area contributed by atoms with E-state index in [1.165, 1.54) is 5.56 Å². The lowest BCUT2D eigenvalue weighted by Crippen LogP contribution is -2.49. The molecule has 1 atom stereocenters. The van der Waals surface area contributed by atoms with Crippen LogP contribution in [0, 0.1) is 11.3 Å². The number of furan rings is 1. The van der Waals surface area contributed by atoms with Crippen molar-refractivity contribution in [2.75, 3.05) is 45.8 Å². The molecule has 1 spiro atoms. The van der Waals surface area contributed by atoms with Crippen LogP contribution < -0.4 is 0 Å². The molecule has 2 saturated heterocycles. The van der Waals surface area contributed by atoms with Crippen molar-refractivity contribution in [1.82, 2.24) is 14.7 Å². The van der Waals surface area contributed by atoms with Gasteiger partial charge in [0.25, 0.3) is 0 Å². The molecule has 0 bridgehead atoms. The zero-order valence-electron chi connectivity index (χ0n) is 18.3. The number of hydrogen-bond donors (Lipinski definition) is 0. The molecular weight excluding hydrogens is 386 g/mol. The second-order valence-electron chi connectivity index (χ2n) is 9.41. The zero-order chi connectivity index (χ0) is 21.1. The third-order valence-corrected chi connectivity index (χ3v) is 7.46. The van der Waals surface area contributed by atoms with Crippen molar-refractivity contribution in [1.29, 1.82) is 0 Å². The largest absolute Gasteiger partial charge is 0.468 e. The van der Waals surface area contributed by atoms with Gasteiger partial charge in [-0.05, 0) is 55.5 Å². The van der Waals surface area contributed by atoms with Crippen LogP contribution >= 0.6 is 0 Å². The molecule has 5 nitrogen and oxygen atoms in total. The van der Waals surface area contributed by atoms with E-state index in [9.17, 15) is 4.79 Å². The average molecular weight is 420 g/mol. The number of rotatable bonds is 6. The van der Waals surface area contributed by atoms with Crippen LogP contribution in [-0.4, -0.2) is 66.4 Å². The van der Waals surface area contributed by atoms with Gasteiger partial charge in [-0.15, -0.1) is 0 Å². The highest BCUT2D eigenvalue weighted by Crippen LogP contribution is 2.60. The summed E-state index contributed by atoms with van der Waals surface area (Å²) < 4.78 is 5.49. The first-order valence-electron chi connectivity index (χ1n) is 11.7. The van der Waals surface area contributed by atoms with Crippen LogP contribution in [0.2, 0.25) is 0 Å². The predicted octanol–water partition coefficient (Wildman–Crippen LogP) is 3.74. The number of piperazine rings is 1. The summed E-state index contributed by atoms with van der Waals surface area (Å²) in [5.41, 5.74) is 1.53. The van der Waals surface area contributed by atoms with E-state index in [0.29, 0.717) is 5.91 Å². The van der Waals surface area contributed by atoms with E-state index in [1.807, 2.05) is 18.2 Å². The minimum atomic E-state index is 0.266. The Labute approximate surface area is 185 Å². The second kappa shape index (κ2) is 9.01. The molecule has 0 radical (unpaired) electrons. The van der Waals surface area contributed by atoms with Crippen molar-refractivity contribution in [2.45, 2.75) is 25.8 Å². The molecule has 5 heteroatoms. The summed E-state index contributed by atoms with van der Waals surface area (Å²) in [6.45, 7) is 7.68. The van der Waals surface area contributed by atoms with Gasteiger partial charge in [-0.25, -0.2) is 0 Å². The fourth-order valence-corrected chi connectivity index (χ4v) is 5.30. The maximum Gasteiger partial charge on any atom is 0.226 e. The molecule has 0 N–H and O–H groups in total. The number of hydrogen-bond acceptors (Lipinski definition) is 4. The Morgan fingerprint density at radius 2 is 1.74 bits per heavy atom. The highest BCUT2D eigenvalue weighted by atomic mass is 16.3. The maximum absolute atomic E-state index is 13.1. The van der Waals surface area contributed by atoms with E-state index in [1.54, 1.807) is 6.26 Å². The van der Waals surface area contributed by atoms with Crippen LogP contribution in [0.5, 0.6) is 0 Å². The number of piperidine rings is 1. The van der Waals surface area contributed by atoms with E-state index < -0.39 is 0 Å². The van der Waals surface area contributed by atoms with E-state index in [4.69, 9.17) is 4.42 Å². The summed E-state index contributed by atoms with van der Waals surface area (Å²) in [5, 5.41) is 0. The first-order valence-corrected chi connectivity index (χ1v) is 11.7. The standard InChI is InChI=1S/C26H33N3O2/c30-25(24-20-26(24)10-13-28(14-11-26)21-23-9-5-19-31-23)29-17-15-27(16-18-29)12-4-8-22-6-2-1-3-7-22/h1-9,19,24H,10-18,20-21H2/b8-4+. The summed E-state index contributed by atoms with van der Waals surface area (Å²) in [5.74, 6) is 1.72.